The highest BCUT2D eigenvalue weighted by atomic mass is 32.1. The summed E-state index contributed by atoms with van der Waals surface area (Å²) < 4.78 is 0. The smallest absolute Gasteiger partial charge is 0.240 e. The number of hydrogen-bond acceptors (Lipinski definition) is 8. The minimum absolute atomic E-state index is 0.0577. The Morgan fingerprint density at radius 3 is 2.74 bits per heavy atom. The van der Waals surface area contributed by atoms with Gasteiger partial charge in [-0.05, 0) is 19.4 Å². The third-order valence-electron chi connectivity index (χ3n) is 3.84. The lowest BCUT2D eigenvalue weighted by molar-refractivity contribution is -0.117. The first-order valence-corrected chi connectivity index (χ1v) is 8.33. The van der Waals surface area contributed by atoms with E-state index in [9.17, 15) is 4.79 Å². The Hall–Kier alpha value is -2.13. The van der Waals surface area contributed by atoms with E-state index in [2.05, 4.69) is 35.3 Å². The fraction of sp³-hybridized carbons (Fsp3) is 0.500. The molecule has 0 atom stereocenters. The maximum absolute atomic E-state index is 12.0. The lowest BCUT2D eigenvalue weighted by Gasteiger charge is -2.34. The number of carbonyl (C=O) groups is 1. The van der Waals surface area contributed by atoms with Crippen LogP contribution < -0.4 is 10.2 Å². The normalized spacial score (nSPS) is 15.7. The molecular formula is C14H19N7OS. The summed E-state index contributed by atoms with van der Waals surface area (Å²) in [5.41, 5.74) is 3.70. The highest BCUT2D eigenvalue weighted by Gasteiger charge is 2.21. The van der Waals surface area contributed by atoms with Crippen molar-refractivity contribution in [3.8, 4) is 0 Å². The molecule has 0 aromatic carbocycles. The van der Waals surface area contributed by atoms with Gasteiger partial charge in [0.2, 0.25) is 17.0 Å². The topological polar surface area (TPSA) is 87.1 Å². The summed E-state index contributed by atoms with van der Waals surface area (Å²) in [5.74, 6) is 0.712. The van der Waals surface area contributed by atoms with Gasteiger partial charge >= 0.3 is 0 Å². The van der Waals surface area contributed by atoms with Crippen molar-refractivity contribution < 1.29 is 4.79 Å². The number of rotatable bonds is 4. The van der Waals surface area contributed by atoms with Crippen LogP contribution in [0.1, 0.15) is 11.3 Å². The van der Waals surface area contributed by atoms with Gasteiger partial charge in [0, 0.05) is 38.1 Å². The molecule has 0 spiro atoms. The number of nitrogens with zero attached hydrogens (tertiary/aromatic N) is 6. The Kier molecular flexibility index (Phi) is 4.77. The van der Waals surface area contributed by atoms with E-state index in [1.165, 1.54) is 11.3 Å². The number of aryl methyl sites for hydroxylation is 2. The van der Waals surface area contributed by atoms with Crippen LogP contribution in [0.25, 0.3) is 0 Å². The predicted molar refractivity (Wildman–Crippen MR) is 88.7 cm³/mol. The Labute approximate surface area is 138 Å². The van der Waals surface area contributed by atoms with Crippen molar-refractivity contribution in [2.24, 2.45) is 0 Å². The van der Waals surface area contributed by atoms with Gasteiger partial charge in [0.25, 0.3) is 0 Å². The van der Waals surface area contributed by atoms with Crippen LogP contribution in [0.3, 0.4) is 0 Å². The molecule has 1 amide bonds. The third kappa shape index (κ3) is 3.99. The third-order valence-corrected chi connectivity index (χ3v) is 4.45. The number of anilines is 2. The zero-order valence-electron chi connectivity index (χ0n) is 13.2. The van der Waals surface area contributed by atoms with Crippen molar-refractivity contribution in [2.75, 3.05) is 42.9 Å². The molecular weight excluding hydrogens is 314 g/mol. The second-order valence-corrected chi connectivity index (χ2v) is 6.33. The average molecular weight is 333 g/mol. The molecule has 3 rings (SSSR count). The summed E-state index contributed by atoms with van der Waals surface area (Å²) in [6.07, 6.45) is 1.86. The van der Waals surface area contributed by atoms with E-state index in [0.717, 1.165) is 43.4 Å². The van der Waals surface area contributed by atoms with Crippen LogP contribution in [-0.2, 0) is 4.79 Å². The van der Waals surface area contributed by atoms with Gasteiger partial charge in [0.15, 0.2) is 0 Å². The molecule has 1 saturated heterocycles. The molecule has 1 fully saturated rings. The molecule has 1 aliphatic heterocycles. The average Bonchev–Trinajstić information content (AvgIpc) is 3.03. The fourth-order valence-corrected chi connectivity index (χ4v) is 2.82. The molecule has 3 heterocycles. The molecule has 1 N–H and O–H groups in total. The zero-order chi connectivity index (χ0) is 16.2. The lowest BCUT2D eigenvalue weighted by atomic mass is 10.3. The van der Waals surface area contributed by atoms with Crippen LogP contribution in [0.2, 0.25) is 0 Å². The van der Waals surface area contributed by atoms with Gasteiger partial charge in [0.05, 0.1) is 6.54 Å². The van der Waals surface area contributed by atoms with Gasteiger partial charge < -0.3 is 4.90 Å². The Morgan fingerprint density at radius 1 is 1.30 bits per heavy atom. The number of piperazine rings is 1. The Morgan fingerprint density at radius 2 is 2.09 bits per heavy atom. The van der Waals surface area contributed by atoms with Crippen LogP contribution in [0.4, 0.5) is 11.1 Å². The number of carbonyl (C=O) groups excluding carboxylic acids is 1. The number of hydrogen-bond donors (Lipinski definition) is 1. The van der Waals surface area contributed by atoms with Crippen LogP contribution in [0.5, 0.6) is 0 Å². The maximum Gasteiger partial charge on any atom is 0.240 e. The van der Waals surface area contributed by atoms with Gasteiger partial charge in [-0.15, -0.1) is 10.2 Å². The van der Waals surface area contributed by atoms with Crippen molar-refractivity contribution >= 4 is 28.3 Å². The summed E-state index contributed by atoms with van der Waals surface area (Å²) in [4.78, 5) is 25.2. The minimum atomic E-state index is -0.0577. The van der Waals surface area contributed by atoms with Gasteiger partial charge in [-0.25, -0.2) is 9.97 Å². The SMILES string of the molecule is Cc1cnc(N2CCN(CC(=O)Nc3nncs3)CC2)nc1C. The summed E-state index contributed by atoms with van der Waals surface area (Å²) >= 11 is 1.32. The molecule has 8 nitrogen and oxygen atoms in total. The van der Waals surface area contributed by atoms with Gasteiger partial charge in [0.1, 0.15) is 5.51 Å². The standard InChI is InChI=1S/C14H19N7OS/c1-10-7-15-13(17-11(10)2)21-5-3-20(4-6-21)8-12(22)18-14-19-16-9-23-14/h7,9H,3-6,8H2,1-2H3,(H,18,19,22). The number of nitrogens with one attached hydrogen (secondary N) is 1. The van der Waals surface area contributed by atoms with E-state index in [1.54, 1.807) is 5.51 Å². The lowest BCUT2D eigenvalue weighted by Crippen LogP contribution is -2.49. The summed E-state index contributed by atoms with van der Waals surface area (Å²) in [7, 11) is 0. The van der Waals surface area contributed by atoms with Crippen molar-refractivity contribution in [3.63, 3.8) is 0 Å². The molecule has 0 saturated carbocycles. The molecule has 0 radical (unpaired) electrons. The van der Waals surface area contributed by atoms with E-state index in [4.69, 9.17) is 0 Å². The van der Waals surface area contributed by atoms with E-state index in [1.807, 2.05) is 20.0 Å². The first-order valence-electron chi connectivity index (χ1n) is 7.45. The first kappa shape index (κ1) is 15.8. The van der Waals surface area contributed by atoms with Gasteiger partial charge in [-0.1, -0.05) is 11.3 Å². The van der Waals surface area contributed by atoms with E-state index in [0.29, 0.717) is 11.7 Å². The van der Waals surface area contributed by atoms with E-state index < -0.39 is 0 Å². The van der Waals surface area contributed by atoms with Crippen molar-refractivity contribution in [1.82, 2.24) is 25.1 Å². The number of amides is 1. The van der Waals surface area contributed by atoms with Crippen LogP contribution in [0.15, 0.2) is 11.7 Å². The van der Waals surface area contributed by atoms with E-state index >= 15 is 0 Å². The molecule has 2 aromatic rings. The van der Waals surface area contributed by atoms with Crippen LogP contribution in [-0.4, -0.2) is 63.7 Å². The fourth-order valence-electron chi connectivity index (χ4n) is 2.36. The first-order chi connectivity index (χ1) is 11.1. The minimum Gasteiger partial charge on any atom is -0.338 e. The molecule has 1 aliphatic rings. The monoisotopic (exact) mass is 333 g/mol. The summed E-state index contributed by atoms with van der Waals surface area (Å²) in [6.45, 7) is 7.60. The summed E-state index contributed by atoms with van der Waals surface area (Å²) in [6, 6.07) is 0. The van der Waals surface area contributed by atoms with Crippen LogP contribution >= 0.6 is 11.3 Å². The molecule has 0 unspecified atom stereocenters. The molecule has 0 bridgehead atoms. The molecule has 9 heteroatoms. The highest BCUT2D eigenvalue weighted by Crippen LogP contribution is 2.13. The van der Waals surface area contributed by atoms with Crippen molar-refractivity contribution in [2.45, 2.75) is 13.8 Å². The maximum atomic E-state index is 12.0. The Balaban J connectivity index is 1.50. The predicted octanol–water partition coefficient (Wildman–Crippen LogP) is 0.706. The quantitative estimate of drug-likeness (QED) is 0.881. The second kappa shape index (κ2) is 6.97. The largest absolute Gasteiger partial charge is 0.338 e. The molecule has 122 valence electrons. The van der Waals surface area contributed by atoms with Crippen LogP contribution in [0, 0.1) is 13.8 Å². The molecule has 23 heavy (non-hydrogen) atoms. The van der Waals surface area contributed by atoms with Crippen molar-refractivity contribution in [1.29, 1.82) is 0 Å². The zero-order valence-corrected chi connectivity index (χ0v) is 14.0. The Bertz CT molecular complexity index is 668. The molecule has 0 aliphatic carbocycles. The van der Waals surface area contributed by atoms with Gasteiger partial charge in [-0.2, -0.15) is 0 Å². The van der Waals surface area contributed by atoms with Crippen molar-refractivity contribution in [3.05, 3.63) is 23.0 Å². The second-order valence-electron chi connectivity index (χ2n) is 5.49. The highest BCUT2D eigenvalue weighted by molar-refractivity contribution is 7.13. The van der Waals surface area contributed by atoms with E-state index in [-0.39, 0.29) is 5.91 Å². The summed E-state index contributed by atoms with van der Waals surface area (Å²) in [5, 5.41) is 10.8. The molecule has 2 aromatic heterocycles. The number of aromatic nitrogens is 4. The van der Waals surface area contributed by atoms with Gasteiger partial charge in [-0.3, -0.25) is 15.0 Å².